The molecule has 0 saturated carbocycles. The van der Waals surface area contributed by atoms with Crippen molar-refractivity contribution < 1.29 is 4.74 Å². The van der Waals surface area contributed by atoms with Crippen molar-refractivity contribution in [3.05, 3.63) is 27.7 Å². The zero-order valence-corrected chi connectivity index (χ0v) is 12.7. The molecule has 0 spiro atoms. The van der Waals surface area contributed by atoms with Crippen LogP contribution in [0.15, 0.2) is 16.6 Å². The van der Waals surface area contributed by atoms with Crippen LogP contribution in [0.3, 0.4) is 0 Å². The third kappa shape index (κ3) is 3.23. The molecule has 1 aromatic rings. The lowest BCUT2D eigenvalue weighted by Gasteiger charge is -2.24. The van der Waals surface area contributed by atoms with Crippen LogP contribution in [0.4, 0.5) is 0 Å². The molecule has 0 fully saturated rings. The quantitative estimate of drug-likeness (QED) is 0.884. The fraction of sp³-hybridized carbons (Fsp3) is 0.571. The molecule has 0 heterocycles. The van der Waals surface area contributed by atoms with E-state index in [2.05, 4.69) is 42.8 Å². The van der Waals surface area contributed by atoms with Crippen molar-refractivity contribution in [2.75, 3.05) is 7.11 Å². The van der Waals surface area contributed by atoms with Crippen LogP contribution in [0.5, 0.6) is 5.75 Å². The Kier molecular flexibility index (Phi) is 5.47. The van der Waals surface area contributed by atoms with E-state index in [1.165, 1.54) is 5.56 Å². The summed E-state index contributed by atoms with van der Waals surface area (Å²) in [6, 6.07) is 4.18. The Morgan fingerprint density at radius 1 is 1.29 bits per heavy atom. The molecule has 1 aromatic carbocycles. The first-order chi connectivity index (χ1) is 8.04. The van der Waals surface area contributed by atoms with Gasteiger partial charge in [-0.25, -0.2) is 0 Å². The molecule has 0 aliphatic heterocycles. The van der Waals surface area contributed by atoms with E-state index >= 15 is 0 Å². The van der Waals surface area contributed by atoms with Crippen LogP contribution in [0, 0.1) is 12.8 Å². The van der Waals surface area contributed by atoms with Gasteiger partial charge in [0.05, 0.1) is 7.11 Å². The average molecular weight is 300 g/mol. The van der Waals surface area contributed by atoms with E-state index in [0.29, 0.717) is 5.92 Å². The highest BCUT2D eigenvalue weighted by atomic mass is 79.9. The minimum Gasteiger partial charge on any atom is -0.496 e. The van der Waals surface area contributed by atoms with Crippen molar-refractivity contribution in [3.63, 3.8) is 0 Å². The van der Waals surface area contributed by atoms with E-state index in [1.54, 1.807) is 7.11 Å². The average Bonchev–Trinajstić information content (AvgIpc) is 2.33. The molecule has 3 heteroatoms. The number of halogens is 1. The van der Waals surface area contributed by atoms with Crippen molar-refractivity contribution in [2.45, 2.75) is 39.7 Å². The molecule has 0 bridgehead atoms. The first kappa shape index (κ1) is 14.5. The summed E-state index contributed by atoms with van der Waals surface area (Å²) in [7, 11) is 1.70. The van der Waals surface area contributed by atoms with Gasteiger partial charge in [-0.05, 0) is 30.5 Å². The molecule has 0 aromatic heterocycles. The summed E-state index contributed by atoms with van der Waals surface area (Å²) >= 11 is 3.56. The maximum atomic E-state index is 6.35. The van der Waals surface area contributed by atoms with E-state index in [4.69, 9.17) is 10.5 Å². The van der Waals surface area contributed by atoms with Crippen LogP contribution in [0.25, 0.3) is 0 Å². The Bertz CT molecular complexity index is 375. The van der Waals surface area contributed by atoms with E-state index < -0.39 is 0 Å². The molecule has 0 aliphatic rings. The Morgan fingerprint density at radius 2 is 1.88 bits per heavy atom. The van der Waals surface area contributed by atoms with Crippen LogP contribution in [0.2, 0.25) is 0 Å². The van der Waals surface area contributed by atoms with E-state index in [9.17, 15) is 0 Å². The van der Waals surface area contributed by atoms with Gasteiger partial charge in [-0.15, -0.1) is 0 Å². The Morgan fingerprint density at radius 3 is 2.35 bits per heavy atom. The summed E-state index contributed by atoms with van der Waals surface area (Å²) in [5.41, 5.74) is 8.62. The highest BCUT2D eigenvalue weighted by molar-refractivity contribution is 9.10. The van der Waals surface area contributed by atoms with Crippen LogP contribution in [-0.4, -0.2) is 7.11 Å². The number of ether oxygens (including phenoxy) is 1. The van der Waals surface area contributed by atoms with Crippen molar-refractivity contribution >= 4 is 15.9 Å². The number of hydrogen-bond acceptors (Lipinski definition) is 2. The van der Waals surface area contributed by atoms with E-state index in [0.717, 1.165) is 28.6 Å². The number of aryl methyl sites for hydroxylation is 1. The van der Waals surface area contributed by atoms with Gasteiger partial charge in [0.15, 0.2) is 0 Å². The third-order valence-corrected chi connectivity index (χ3v) is 4.28. The predicted octanol–water partition coefficient (Wildman–Crippen LogP) is 4.20. The fourth-order valence-corrected chi connectivity index (χ4v) is 2.52. The molecule has 1 rings (SSSR count). The Hall–Kier alpha value is -0.540. The lowest BCUT2D eigenvalue weighted by atomic mass is 9.89. The van der Waals surface area contributed by atoms with Crippen molar-refractivity contribution in [1.82, 2.24) is 0 Å². The highest BCUT2D eigenvalue weighted by Crippen LogP contribution is 2.35. The second-order valence-corrected chi connectivity index (χ2v) is 5.30. The standard InChI is InChI=1S/C14H22BrNO/c1-5-10(6-2)14(16)11-8-12(15)9(3)7-13(11)17-4/h7-8,10,14H,5-6,16H2,1-4H3. The molecule has 0 aliphatic carbocycles. The lowest BCUT2D eigenvalue weighted by Crippen LogP contribution is -2.21. The number of methoxy groups -OCH3 is 1. The van der Waals surface area contributed by atoms with Crippen molar-refractivity contribution in [3.8, 4) is 5.75 Å². The number of nitrogens with two attached hydrogens (primary N) is 1. The second kappa shape index (κ2) is 6.41. The third-order valence-electron chi connectivity index (χ3n) is 3.43. The molecule has 96 valence electrons. The maximum absolute atomic E-state index is 6.35. The smallest absolute Gasteiger partial charge is 0.123 e. The van der Waals surface area contributed by atoms with Gasteiger partial charge >= 0.3 is 0 Å². The van der Waals surface area contributed by atoms with Crippen LogP contribution in [-0.2, 0) is 0 Å². The van der Waals surface area contributed by atoms with Crippen molar-refractivity contribution in [1.29, 1.82) is 0 Å². The number of rotatable bonds is 5. The Balaban J connectivity index is 3.15. The molecule has 1 atom stereocenters. The molecular formula is C14H22BrNO. The zero-order valence-electron chi connectivity index (χ0n) is 11.1. The SMILES string of the molecule is CCC(CC)C(N)c1cc(Br)c(C)cc1OC. The largest absolute Gasteiger partial charge is 0.496 e. The predicted molar refractivity (Wildman–Crippen MR) is 76.4 cm³/mol. The summed E-state index contributed by atoms with van der Waals surface area (Å²) in [5, 5.41) is 0. The van der Waals surface area contributed by atoms with Gasteiger partial charge in [0.25, 0.3) is 0 Å². The summed E-state index contributed by atoms with van der Waals surface area (Å²) in [6.45, 7) is 6.42. The summed E-state index contributed by atoms with van der Waals surface area (Å²) in [4.78, 5) is 0. The minimum absolute atomic E-state index is 0.0387. The van der Waals surface area contributed by atoms with Crippen molar-refractivity contribution in [2.24, 2.45) is 11.7 Å². The summed E-state index contributed by atoms with van der Waals surface area (Å²) in [5.74, 6) is 1.39. The number of benzene rings is 1. The molecule has 1 unspecified atom stereocenters. The first-order valence-electron chi connectivity index (χ1n) is 6.14. The van der Waals surface area contributed by atoms with Gasteiger partial charge < -0.3 is 10.5 Å². The summed E-state index contributed by atoms with van der Waals surface area (Å²) in [6.07, 6.45) is 2.18. The molecule has 0 amide bonds. The second-order valence-electron chi connectivity index (χ2n) is 4.45. The Labute approximate surface area is 113 Å². The molecular weight excluding hydrogens is 278 g/mol. The van der Waals surface area contributed by atoms with E-state index in [1.807, 2.05) is 6.07 Å². The molecule has 17 heavy (non-hydrogen) atoms. The monoisotopic (exact) mass is 299 g/mol. The fourth-order valence-electron chi connectivity index (χ4n) is 2.16. The summed E-state index contributed by atoms with van der Waals surface area (Å²) < 4.78 is 6.53. The van der Waals surface area contributed by atoms with E-state index in [-0.39, 0.29) is 6.04 Å². The van der Waals surface area contributed by atoms with Gasteiger partial charge in [0, 0.05) is 16.1 Å². The maximum Gasteiger partial charge on any atom is 0.123 e. The van der Waals surface area contributed by atoms with Crippen LogP contribution in [0.1, 0.15) is 43.9 Å². The number of hydrogen-bond donors (Lipinski definition) is 1. The highest BCUT2D eigenvalue weighted by Gasteiger charge is 2.20. The van der Waals surface area contributed by atoms with Gasteiger partial charge in [0.2, 0.25) is 0 Å². The van der Waals surface area contributed by atoms with Gasteiger partial charge in [-0.2, -0.15) is 0 Å². The van der Waals surface area contributed by atoms with Gasteiger partial charge in [0.1, 0.15) is 5.75 Å². The molecule has 0 radical (unpaired) electrons. The van der Waals surface area contributed by atoms with Gasteiger partial charge in [-0.1, -0.05) is 42.6 Å². The topological polar surface area (TPSA) is 35.2 Å². The van der Waals surface area contributed by atoms with Crippen LogP contribution >= 0.6 is 15.9 Å². The molecule has 2 nitrogen and oxygen atoms in total. The minimum atomic E-state index is 0.0387. The van der Waals surface area contributed by atoms with Gasteiger partial charge in [-0.3, -0.25) is 0 Å². The first-order valence-corrected chi connectivity index (χ1v) is 6.94. The molecule has 2 N–H and O–H groups in total. The normalized spacial score (nSPS) is 12.9. The lowest BCUT2D eigenvalue weighted by molar-refractivity contribution is 0.371. The zero-order chi connectivity index (χ0) is 13.0. The van der Waals surface area contributed by atoms with Crippen LogP contribution < -0.4 is 10.5 Å². The molecule has 0 saturated heterocycles.